The Kier molecular flexibility index (Phi) is 4.43. The molecule has 0 amide bonds. The zero-order valence-corrected chi connectivity index (χ0v) is 7.35. The van der Waals surface area contributed by atoms with Gasteiger partial charge in [-0.05, 0) is 12.2 Å². The number of nitro groups is 1. The average molecular weight is 163 g/mol. The fourth-order valence-electron chi connectivity index (χ4n) is 0.718. The molecule has 0 aromatic heterocycles. The fourth-order valence-corrected chi connectivity index (χ4v) is 1.85. The maximum absolute atomic E-state index is 9.98. The Morgan fingerprint density at radius 2 is 2.00 bits per heavy atom. The molecule has 3 nitrogen and oxygen atoms in total. The number of nitrogens with zero attached hydrogens (tertiary/aromatic N) is 1. The molecular formula is C6H13NO2S. The molecule has 4 heteroatoms. The molecular weight excluding hydrogens is 150 g/mol. The Bertz CT molecular complexity index is 116. The van der Waals surface area contributed by atoms with Crippen LogP contribution in [-0.2, 0) is 0 Å². The van der Waals surface area contributed by atoms with Gasteiger partial charge in [0.1, 0.15) is 0 Å². The van der Waals surface area contributed by atoms with Gasteiger partial charge in [0.2, 0.25) is 6.54 Å². The first-order valence-electron chi connectivity index (χ1n) is 3.29. The average Bonchev–Trinajstić information content (AvgIpc) is 1.58. The van der Waals surface area contributed by atoms with Crippen molar-refractivity contribution >= 4 is 11.8 Å². The second-order valence-corrected chi connectivity index (χ2v) is 4.53. The number of thioether (sulfide) groups is 1. The molecule has 0 aromatic rings. The molecule has 0 fully saturated rings. The van der Waals surface area contributed by atoms with Crippen LogP contribution >= 0.6 is 11.8 Å². The third kappa shape index (κ3) is 5.88. The maximum atomic E-state index is 9.98. The van der Waals surface area contributed by atoms with Crippen molar-refractivity contribution in [2.24, 2.45) is 0 Å². The minimum Gasteiger partial charge on any atom is -0.265 e. The van der Waals surface area contributed by atoms with E-state index in [9.17, 15) is 10.1 Å². The van der Waals surface area contributed by atoms with Crippen LogP contribution in [0, 0.1) is 10.1 Å². The van der Waals surface area contributed by atoms with E-state index < -0.39 is 0 Å². The van der Waals surface area contributed by atoms with Gasteiger partial charge < -0.3 is 0 Å². The summed E-state index contributed by atoms with van der Waals surface area (Å²) in [6.07, 6.45) is 0. The highest BCUT2D eigenvalue weighted by Gasteiger charge is 2.10. The van der Waals surface area contributed by atoms with E-state index in [1.54, 1.807) is 11.8 Å². The van der Waals surface area contributed by atoms with Crippen molar-refractivity contribution in [3.05, 3.63) is 10.1 Å². The Labute approximate surface area is 65.3 Å². The van der Waals surface area contributed by atoms with Crippen LogP contribution in [-0.4, -0.2) is 22.0 Å². The third-order valence-electron chi connectivity index (χ3n) is 0.911. The van der Waals surface area contributed by atoms with Crippen LogP contribution in [0.15, 0.2) is 0 Å². The van der Waals surface area contributed by atoms with Crippen LogP contribution in [0.2, 0.25) is 0 Å². The molecule has 0 bridgehead atoms. The second-order valence-electron chi connectivity index (χ2n) is 2.51. The summed E-state index contributed by atoms with van der Waals surface area (Å²) in [5, 5.41) is 10.6. The van der Waals surface area contributed by atoms with Gasteiger partial charge in [0.15, 0.2) is 0 Å². The van der Waals surface area contributed by atoms with Gasteiger partial charge in [-0.1, -0.05) is 13.8 Å². The predicted molar refractivity (Wildman–Crippen MR) is 44.1 cm³/mol. The molecule has 0 saturated carbocycles. The largest absolute Gasteiger partial charge is 0.265 e. The first-order valence-corrected chi connectivity index (χ1v) is 4.24. The van der Waals surface area contributed by atoms with E-state index in [1.807, 2.05) is 20.8 Å². The topological polar surface area (TPSA) is 43.1 Å². The highest BCUT2D eigenvalue weighted by molar-refractivity contribution is 8.00. The molecule has 0 aliphatic carbocycles. The second kappa shape index (κ2) is 4.55. The normalized spacial score (nSPS) is 13.6. The molecule has 0 spiro atoms. The van der Waals surface area contributed by atoms with E-state index in [-0.39, 0.29) is 16.7 Å². The van der Waals surface area contributed by atoms with E-state index in [2.05, 4.69) is 0 Å². The Morgan fingerprint density at radius 3 is 2.30 bits per heavy atom. The quantitative estimate of drug-likeness (QED) is 0.469. The summed E-state index contributed by atoms with van der Waals surface area (Å²) in [6.45, 7) is 6.04. The van der Waals surface area contributed by atoms with Crippen molar-refractivity contribution in [1.82, 2.24) is 0 Å². The molecule has 0 aliphatic rings. The van der Waals surface area contributed by atoms with Crippen molar-refractivity contribution in [2.75, 3.05) is 6.54 Å². The van der Waals surface area contributed by atoms with Gasteiger partial charge in [-0.15, -0.1) is 11.8 Å². The van der Waals surface area contributed by atoms with Crippen molar-refractivity contribution < 1.29 is 4.92 Å². The summed E-state index contributed by atoms with van der Waals surface area (Å²) < 4.78 is 0. The van der Waals surface area contributed by atoms with Crippen LogP contribution in [0.3, 0.4) is 0 Å². The van der Waals surface area contributed by atoms with E-state index in [0.29, 0.717) is 5.25 Å². The first-order chi connectivity index (χ1) is 4.52. The van der Waals surface area contributed by atoms with Crippen LogP contribution in [0.4, 0.5) is 0 Å². The highest BCUT2D eigenvalue weighted by Crippen LogP contribution is 2.16. The molecule has 1 atom stereocenters. The summed E-state index contributed by atoms with van der Waals surface area (Å²) in [5.74, 6) is 0. The van der Waals surface area contributed by atoms with Crippen molar-refractivity contribution in [3.8, 4) is 0 Å². The molecule has 0 rings (SSSR count). The lowest BCUT2D eigenvalue weighted by Crippen LogP contribution is -2.14. The molecule has 0 heterocycles. The molecule has 0 aliphatic heterocycles. The van der Waals surface area contributed by atoms with Crippen LogP contribution in [0.1, 0.15) is 20.8 Å². The number of hydrogen-bond acceptors (Lipinski definition) is 3. The molecule has 60 valence electrons. The van der Waals surface area contributed by atoms with Crippen LogP contribution in [0.25, 0.3) is 0 Å². The zero-order chi connectivity index (χ0) is 8.15. The van der Waals surface area contributed by atoms with E-state index >= 15 is 0 Å². The molecule has 0 radical (unpaired) electrons. The van der Waals surface area contributed by atoms with Crippen molar-refractivity contribution in [1.29, 1.82) is 0 Å². The van der Waals surface area contributed by atoms with Crippen molar-refractivity contribution in [3.63, 3.8) is 0 Å². The Hall–Kier alpha value is -0.250. The zero-order valence-electron chi connectivity index (χ0n) is 6.53. The molecule has 0 saturated heterocycles. The summed E-state index contributed by atoms with van der Waals surface area (Å²) in [7, 11) is 0. The lowest BCUT2D eigenvalue weighted by atomic mass is 10.5. The molecule has 0 N–H and O–H groups in total. The van der Waals surface area contributed by atoms with E-state index in [0.717, 1.165) is 0 Å². The molecule has 10 heavy (non-hydrogen) atoms. The smallest absolute Gasteiger partial charge is 0.215 e. The van der Waals surface area contributed by atoms with Crippen LogP contribution in [0.5, 0.6) is 0 Å². The van der Waals surface area contributed by atoms with Gasteiger partial charge in [0.05, 0.1) is 5.25 Å². The van der Waals surface area contributed by atoms with Gasteiger partial charge in [0.25, 0.3) is 0 Å². The molecule has 1 unspecified atom stereocenters. The van der Waals surface area contributed by atoms with Gasteiger partial charge in [0, 0.05) is 4.92 Å². The van der Waals surface area contributed by atoms with Gasteiger partial charge in [-0.2, -0.15) is 0 Å². The first kappa shape index (κ1) is 9.75. The SMILES string of the molecule is CC(C)SC(C)C[N+](=O)[O-]. The van der Waals surface area contributed by atoms with Crippen LogP contribution < -0.4 is 0 Å². The Morgan fingerprint density at radius 1 is 1.50 bits per heavy atom. The minimum atomic E-state index is -0.264. The predicted octanol–water partition coefficient (Wildman–Crippen LogP) is 1.79. The lowest BCUT2D eigenvalue weighted by Gasteiger charge is -2.08. The summed E-state index contributed by atoms with van der Waals surface area (Å²) in [5.41, 5.74) is 0. The van der Waals surface area contributed by atoms with E-state index in [4.69, 9.17) is 0 Å². The summed E-state index contributed by atoms with van der Waals surface area (Å²) >= 11 is 1.64. The highest BCUT2D eigenvalue weighted by atomic mass is 32.2. The maximum Gasteiger partial charge on any atom is 0.215 e. The molecule has 0 aromatic carbocycles. The summed E-state index contributed by atoms with van der Waals surface area (Å²) in [4.78, 5) is 9.72. The van der Waals surface area contributed by atoms with Crippen molar-refractivity contribution in [2.45, 2.75) is 31.3 Å². The minimum absolute atomic E-state index is 0.0723. The Balaban J connectivity index is 3.43. The van der Waals surface area contributed by atoms with Gasteiger partial charge >= 0.3 is 0 Å². The van der Waals surface area contributed by atoms with Gasteiger partial charge in [-0.3, -0.25) is 10.1 Å². The third-order valence-corrected chi connectivity index (χ3v) is 2.07. The number of hydrogen-bond donors (Lipinski definition) is 0. The monoisotopic (exact) mass is 163 g/mol. The number of rotatable bonds is 4. The van der Waals surface area contributed by atoms with E-state index in [1.165, 1.54) is 0 Å². The summed E-state index contributed by atoms with van der Waals surface area (Å²) in [6, 6.07) is 0. The fraction of sp³-hybridized carbons (Fsp3) is 1.00. The standard InChI is InChI=1S/C6H13NO2S/c1-5(2)10-6(3)4-7(8)9/h5-6H,4H2,1-3H3. The van der Waals surface area contributed by atoms with Gasteiger partial charge in [-0.25, -0.2) is 0 Å². The lowest BCUT2D eigenvalue weighted by molar-refractivity contribution is -0.478.